The highest BCUT2D eigenvalue weighted by molar-refractivity contribution is 5.94. The number of amides is 1. The van der Waals surface area contributed by atoms with Crippen molar-refractivity contribution in [1.82, 2.24) is 29.6 Å². The molecule has 0 radical (unpaired) electrons. The molecule has 1 fully saturated rings. The highest BCUT2D eigenvalue weighted by Crippen LogP contribution is 2.34. The Morgan fingerprint density at radius 2 is 2.22 bits per heavy atom. The van der Waals surface area contributed by atoms with E-state index in [1.54, 1.807) is 11.8 Å². The maximum atomic E-state index is 13.3. The van der Waals surface area contributed by atoms with Crippen LogP contribution in [0.5, 0.6) is 0 Å². The Labute approximate surface area is 153 Å². The fourth-order valence-electron chi connectivity index (χ4n) is 3.54. The number of nitrogens with zero attached hydrogens (tertiary/aromatic N) is 6. The van der Waals surface area contributed by atoms with E-state index in [9.17, 15) is 13.6 Å². The Morgan fingerprint density at radius 1 is 1.41 bits per heavy atom. The maximum absolute atomic E-state index is 13.3. The van der Waals surface area contributed by atoms with Crippen molar-refractivity contribution in [2.24, 2.45) is 5.92 Å². The van der Waals surface area contributed by atoms with Gasteiger partial charge in [-0.1, -0.05) is 12.1 Å². The topological polar surface area (TPSA) is 89.4 Å². The molecule has 1 amide bonds. The second kappa shape index (κ2) is 6.67. The lowest BCUT2D eigenvalue weighted by Gasteiger charge is -2.37. The Kier molecular flexibility index (Phi) is 4.33. The van der Waals surface area contributed by atoms with Crippen LogP contribution in [0, 0.1) is 12.8 Å². The Morgan fingerprint density at radius 3 is 2.93 bits per heavy atom. The second-order valence-electron chi connectivity index (χ2n) is 6.80. The first-order valence-corrected chi connectivity index (χ1v) is 8.65. The van der Waals surface area contributed by atoms with E-state index < -0.39 is 6.43 Å². The van der Waals surface area contributed by atoms with E-state index in [0.717, 1.165) is 6.42 Å². The number of likely N-dealkylation sites (tertiary alicyclic amines) is 1. The molecular weight excluding hydrogens is 358 g/mol. The molecule has 27 heavy (non-hydrogen) atoms. The van der Waals surface area contributed by atoms with Crippen LogP contribution in [0.2, 0.25) is 0 Å². The van der Waals surface area contributed by atoms with Gasteiger partial charge in [0.05, 0.1) is 11.9 Å². The Hall–Kier alpha value is -2.91. The molecule has 3 aromatic rings. The molecule has 4 rings (SSSR count). The van der Waals surface area contributed by atoms with E-state index in [2.05, 4.69) is 20.2 Å². The van der Waals surface area contributed by atoms with Gasteiger partial charge in [-0.15, -0.1) is 0 Å². The van der Waals surface area contributed by atoms with Crippen molar-refractivity contribution in [3.8, 4) is 0 Å². The molecule has 0 saturated carbocycles. The van der Waals surface area contributed by atoms with Gasteiger partial charge in [-0.25, -0.2) is 18.3 Å². The van der Waals surface area contributed by atoms with Gasteiger partial charge < -0.3 is 9.42 Å². The summed E-state index contributed by atoms with van der Waals surface area (Å²) in [5, 5.41) is 7.79. The first-order chi connectivity index (χ1) is 13.0. The normalized spacial score (nSPS) is 20.6. The van der Waals surface area contributed by atoms with Crippen molar-refractivity contribution in [3.05, 3.63) is 41.3 Å². The third kappa shape index (κ3) is 3.04. The van der Waals surface area contributed by atoms with Crippen molar-refractivity contribution >= 4 is 11.7 Å². The molecule has 3 aromatic heterocycles. The summed E-state index contributed by atoms with van der Waals surface area (Å²) in [6.07, 6.45) is 0.727. The van der Waals surface area contributed by atoms with Crippen molar-refractivity contribution in [2.45, 2.75) is 32.6 Å². The maximum Gasteiger partial charge on any atom is 0.280 e. The molecule has 8 nitrogen and oxygen atoms in total. The average Bonchev–Trinajstić information content (AvgIpc) is 3.29. The van der Waals surface area contributed by atoms with Crippen LogP contribution < -0.4 is 0 Å². The molecular formula is C17H18F2N6O2. The summed E-state index contributed by atoms with van der Waals surface area (Å²) >= 11 is 0. The van der Waals surface area contributed by atoms with Gasteiger partial charge in [0.1, 0.15) is 23.3 Å². The molecule has 1 saturated heterocycles. The molecule has 0 bridgehead atoms. The fraction of sp³-hybridized carbons (Fsp3) is 0.471. The van der Waals surface area contributed by atoms with Crippen LogP contribution in [-0.4, -0.2) is 48.6 Å². The predicted octanol–water partition coefficient (Wildman–Crippen LogP) is 2.62. The van der Waals surface area contributed by atoms with Gasteiger partial charge in [-0.2, -0.15) is 10.1 Å². The summed E-state index contributed by atoms with van der Waals surface area (Å²) in [6, 6.07) is 1.37. The highest BCUT2D eigenvalue weighted by Gasteiger charge is 2.34. The lowest BCUT2D eigenvalue weighted by Crippen LogP contribution is -2.42. The molecule has 10 heteroatoms. The fourth-order valence-corrected chi connectivity index (χ4v) is 3.54. The SMILES string of the molecule is Cc1oncc1C(=O)N1CC[C@@H](C)[C@H](c2cc(C(F)F)nc3ncnn23)C1. The summed E-state index contributed by atoms with van der Waals surface area (Å²) < 4.78 is 33.0. The summed E-state index contributed by atoms with van der Waals surface area (Å²) in [5.41, 5.74) is 0.660. The van der Waals surface area contributed by atoms with Gasteiger partial charge in [0.25, 0.3) is 18.1 Å². The second-order valence-corrected chi connectivity index (χ2v) is 6.80. The van der Waals surface area contributed by atoms with Crippen molar-refractivity contribution in [2.75, 3.05) is 13.1 Å². The van der Waals surface area contributed by atoms with Crippen LogP contribution >= 0.6 is 0 Å². The van der Waals surface area contributed by atoms with E-state index in [1.165, 1.54) is 23.1 Å². The monoisotopic (exact) mass is 376 g/mol. The van der Waals surface area contributed by atoms with E-state index in [-0.39, 0.29) is 29.2 Å². The summed E-state index contributed by atoms with van der Waals surface area (Å²) in [4.78, 5) is 22.3. The third-order valence-electron chi connectivity index (χ3n) is 5.13. The quantitative estimate of drug-likeness (QED) is 0.698. The Balaban J connectivity index is 1.70. The minimum Gasteiger partial charge on any atom is -0.361 e. The number of hydrogen-bond acceptors (Lipinski definition) is 6. The molecule has 1 aliphatic rings. The van der Waals surface area contributed by atoms with Crippen molar-refractivity contribution in [3.63, 3.8) is 0 Å². The largest absolute Gasteiger partial charge is 0.361 e. The molecule has 0 N–H and O–H groups in total. The van der Waals surface area contributed by atoms with Gasteiger partial charge in [-0.05, 0) is 25.3 Å². The zero-order chi connectivity index (χ0) is 19.1. The number of hydrogen-bond donors (Lipinski definition) is 0. The molecule has 1 aliphatic heterocycles. The van der Waals surface area contributed by atoms with Crippen molar-refractivity contribution < 1.29 is 18.1 Å². The van der Waals surface area contributed by atoms with Gasteiger partial charge in [-0.3, -0.25) is 4.79 Å². The minimum absolute atomic E-state index is 0.133. The summed E-state index contributed by atoms with van der Waals surface area (Å²) in [7, 11) is 0. The molecule has 0 aromatic carbocycles. The lowest BCUT2D eigenvalue weighted by atomic mass is 9.84. The van der Waals surface area contributed by atoms with E-state index in [0.29, 0.717) is 30.1 Å². The number of halogens is 2. The van der Waals surface area contributed by atoms with Crippen LogP contribution in [0.15, 0.2) is 23.1 Å². The van der Waals surface area contributed by atoms with E-state index in [1.807, 2.05) is 6.92 Å². The number of aryl methyl sites for hydroxylation is 1. The first-order valence-electron chi connectivity index (χ1n) is 8.65. The molecule has 0 spiro atoms. The number of alkyl halides is 2. The summed E-state index contributed by atoms with van der Waals surface area (Å²) in [6.45, 7) is 4.68. The predicted molar refractivity (Wildman–Crippen MR) is 89.4 cm³/mol. The molecule has 0 unspecified atom stereocenters. The Bertz CT molecular complexity index is 985. The van der Waals surface area contributed by atoms with Gasteiger partial charge in [0.15, 0.2) is 0 Å². The zero-order valence-corrected chi connectivity index (χ0v) is 14.8. The zero-order valence-electron chi connectivity index (χ0n) is 14.8. The van der Waals surface area contributed by atoms with E-state index >= 15 is 0 Å². The van der Waals surface area contributed by atoms with Crippen LogP contribution in [-0.2, 0) is 0 Å². The highest BCUT2D eigenvalue weighted by atomic mass is 19.3. The van der Waals surface area contributed by atoms with Crippen molar-refractivity contribution in [1.29, 1.82) is 0 Å². The van der Waals surface area contributed by atoms with Crippen LogP contribution in [0.3, 0.4) is 0 Å². The molecule has 2 atom stereocenters. The average molecular weight is 376 g/mol. The number of rotatable bonds is 3. The first kappa shape index (κ1) is 17.5. The summed E-state index contributed by atoms with van der Waals surface area (Å²) in [5.74, 6) is 0.417. The van der Waals surface area contributed by atoms with Gasteiger partial charge >= 0.3 is 0 Å². The van der Waals surface area contributed by atoms with Crippen LogP contribution in [0.1, 0.15) is 53.2 Å². The number of carbonyl (C=O) groups excluding carboxylic acids is 1. The number of fused-ring (bicyclic) bond motifs is 1. The van der Waals surface area contributed by atoms with Gasteiger partial charge in [0, 0.05) is 19.0 Å². The van der Waals surface area contributed by atoms with Gasteiger partial charge in [0.2, 0.25) is 0 Å². The third-order valence-corrected chi connectivity index (χ3v) is 5.13. The number of carbonyl (C=O) groups is 1. The minimum atomic E-state index is -2.71. The van der Waals surface area contributed by atoms with Crippen LogP contribution in [0.25, 0.3) is 5.78 Å². The molecule has 0 aliphatic carbocycles. The number of piperidine rings is 1. The van der Waals surface area contributed by atoms with Crippen LogP contribution in [0.4, 0.5) is 8.78 Å². The lowest BCUT2D eigenvalue weighted by molar-refractivity contribution is 0.0663. The smallest absolute Gasteiger partial charge is 0.280 e. The number of aromatic nitrogens is 5. The molecule has 142 valence electrons. The standard InChI is InChI=1S/C17H18F2N6O2/c1-9-3-4-24(16(26)11-6-22-27-10(11)2)7-12(9)14-5-13(15(18)19)23-17-20-8-21-25(14)17/h5-6,8-9,12,15H,3-4,7H2,1-2H3/t9-,12-/m1/s1. The molecule has 4 heterocycles. The van der Waals surface area contributed by atoms with E-state index in [4.69, 9.17) is 4.52 Å².